The zero-order valence-corrected chi connectivity index (χ0v) is 22.1. The van der Waals surface area contributed by atoms with Crippen LogP contribution >= 0.6 is 7.26 Å². The van der Waals surface area contributed by atoms with Crippen LogP contribution in [0.25, 0.3) is 0 Å². The Balaban J connectivity index is 0.000000245. The Morgan fingerprint density at radius 2 is 0.757 bits per heavy atom. The fourth-order valence-electron chi connectivity index (χ4n) is 4.40. The summed E-state index contributed by atoms with van der Waals surface area (Å²) in [5.74, 6) is -0.423. The summed E-state index contributed by atoms with van der Waals surface area (Å²) in [6.07, 6.45) is 1.03. The smallest absolute Gasteiger partial charge is 0.116 e. The second-order valence-electron chi connectivity index (χ2n) is 8.65. The molecule has 0 saturated heterocycles. The minimum absolute atomic E-state index is 0.423. The molecular weight excluding hydrogens is 495 g/mol. The molecule has 5 aromatic rings. The first kappa shape index (κ1) is 26.5. The summed E-state index contributed by atoms with van der Waals surface area (Å²) in [5.41, 5.74) is 1.92. The lowest BCUT2D eigenvalue weighted by Gasteiger charge is -2.27. The van der Waals surface area contributed by atoms with Crippen LogP contribution in [0.15, 0.2) is 152 Å². The Hall–Kier alpha value is -3.56. The summed E-state index contributed by atoms with van der Waals surface area (Å²) < 4.78 is 30.7. The van der Waals surface area contributed by atoms with Crippen LogP contribution in [-0.4, -0.2) is 13.0 Å². The Labute approximate surface area is 220 Å². The van der Waals surface area contributed by atoms with E-state index in [1.807, 2.05) is 0 Å². The third-order valence-corrected chi connectivity index (χ3v) is 11.1. The van der Waals surface area contributed by atoms with E-state index < -0.39 is 23.1 Å². The average molecular weight is 525 g/mol. The van der Waals surface area contributed by atoms with Gasteiger partial charge in [-0.3, -0.25) is 0 Å². The molecule has 0 aliphatic carbocycles. The molecule has 0 atom stereocenters. The molecule has 0 aromatic heterocycles. The Kier molecular flexibility index (Phi) is 9.03. The van der Waals surface area contributed by atoms with Gasteiger partial charge in [0.1, 0.15) is 23.2 Å². The molecule has 0 saturated carbocycles. The van der Waals surface area contributed by atoms with Crippen molar-refractivity contribution in [2.75, 3.05) is 0 Å². The zero-order chi connectivity index (χ0) is 26.0. The van der Waals surface area contributed by atoms with Crippen LogP contribution in [0.4, 0.5) is 0 Å². The van der Waals surface area contributed by atoms with E-state index in [4.69, 9.17) is 0 Å². The van der Waals surface area contributed by atoms with Crippen molar-refractivity contribution < 1.29 is 13.0 Å². The standard InChI is InChI=1S/C25H22P.C7H8O3S/c1-5-13-22(14-6-1)21-26(23-15-7-2-8-16-23,24-17-9-3-10-18-24)25-19-11-4-12-20-25;8-11(9,10)6-7-4-2-1-3-5-7/h1-20H,21H2;1-5H,6H2,(H,8,9,10)/q+1;/p-1. The highest BCUT2D eigenvalue weighted by Crippen LogP contribution is 2.58. The molecule has 186 valence electrons. The fraction of sp³-hybridized carbons (Fsp3) is 0.0625. The third-order valence-electron chi connectivity index (χ3n) is 6.04. The van der Waals surface area contributed by atoms with E-state index in [1.165, 1.54) is 21.5 Å². The summed E-state index contributed by atoms with van der Waals surface area (Å²) >= 11 is 0. The molecule has 37 heavy (non-hydrogen) atoms. The fourth-order valence-corrected chi connectivity index (χ4v) is 9.25. The van der Waals surface area contributed by atoms with E-state index in [0.717, 1.165) is 6.16 Å². The topological polar surface area (TPSA) is 57.2 Å². The van der Waals surface area contributed by atoms with Crippen molar-refractivity contribution >= 4 is 33.3 Å². The van der Waals surface area contributed by atoms with Gasteiger partial charge in [-0.1, -0.05) is 115 Å². The van der Waals surface area contributed by atoms with Crippen molar-refractivity contribution in [2.24, 2.45) is 0 Å². The van der Waals surface area contributed by atoms with E-state index in [1.54, 1.807) is 30.3 Å². The minimum Gasteiger partial charge on any atom is -0.748 e. The molecule has 5 aromatic carbocycles. The molecule has 0 spiro atoms. The lowest BCUT2D eigenvalue weighted by molar-refractivity contribution is 0.462. The monoisotopic (exact) mass is 524 g/mol. The van der Waals surface area contributed by atoms with Gasteiger partial charge in [0.05, 0.1) is 22.0 Å². The van der Waals surface area contributed by atoms with Crippen molar-refractivity contribution in [3.05, 3.63) is 163 Å². The van der Waals surface area contributed by atoms with Crippen molar-refractivity contribution in [1.82, 2.24) is 0 Å². The van der Waals surface area contributed by atoms with E-state index in [9.17, 15) is 13.0 Å². The first-order valence-corrected chi connectivity index (χ1v) is 15.6. The maximum Gasteiger partial charge on any atom is 0.116 e. The van der Waals surface area contributed by atoms with Gasteiger partial charge < -0.3 is 4.55 Å². The second kappa shape index (κ2) is 12.6. The van der Waals surface area contributed by atoms with Gasteiger partial charge in [-0.2, -0.15) is 0 Å². The van der Waals surface area contributed by atoms with E-state index in [0.29, 0.717) is 5.56 Å². The van der Waals surface area contributed by atoms with Gasteiger partial charge in [0.15, 0.2) is 0 Å². The number of hydrogen-bond donors (Lipinski definition) is 0. The molecule has 0 radical (unpaired) electrons. The van der Waals surface area contributed by atoms with Crippen LogP contribution < -0.4 is 15.9 Å². The summed E-state index contributed by atoms with van der Waals surface area (Å²) in [5, 5.41) is 4.30. The average Bonchev–Trinajstić information content (AvgIpc) is 2.94. The molecule has 0 unspecified atom stereocenters. The molecule has 0 amide bonds. The zero-order valence-electron chi connectivity index (χ0n) is 20.4. The van der Waals surface area contributed by atoms with Gasteiger partial charge >= 0.3 is 0 Å². The van der Waals surface area contributed by atoms with E-state index in [-0.39, 0.29) is 0 Å². The number of hydrogen-bond acceptors (Lipinski definition) is 3. The highest BCUT2D eigenvalue weighted by molar-refractivity contribution is 7.95. The quantitative estimate of drug-likeness (QED) is 0.196. The molecule has 5 rings (SSSR count). The summed E-state index contributed by atoms with van der Waals surface area (Å²) in [6, 6.07) is 52.4. The Bertz CT molecular complexity index is 1360. The predicted octanol–water partition coefficient (Wildman–Crippen LogP) is 5.91. The first-order chi connectivity index (χ1) is 18.0. The number of benzene rings is 5. The molecule has 0 N–H and O–H groups in total. The largest absolute Gasteiger partial charge is 0.748 e. The highest BCUT2D eigenvalue weighted by Gasteiger charge is 2.45. The molecule has 0 aliphatic heterocycles. The van der Waals surface area contributed by atoms with E-state index in [2.05, 4.69) is 121 Å². The third kappa shape index (κ3) is 7.24. The van der Waals surface area contributed by atoms with E-state index >= 15 is 0 Å². The summed E-state index contributed by atoms with van der Waals surface area (Å²) in [6.45, 7) is 0. The first-order valence-electron chi connectivity index (χ1n) is 12.0. The van der Waals surface area contributed by atoms with Gasteiger partial charge in [0, 0.05) is 0 Å². The molecule has 0 bridgehead atoms. The summed E-state index contributed by atoms with van der Waals surface area (Å²) in [4.78, 5) is 0. The van der Waals surface area contributed by atoms with Gasteiger partial charge in [0.2, 0.25) is 0 Å². The molecule has 0 aliphatic rings. The maximum atomic E-state index is 10.2. The predicted molar refractivity (Wildman–Crippen MR) is 155 cm³/mol. The molecule has 5 heteroatoms. The lowest BCUT2D eigenvalue weighted by atomic mass is 10.2. The van der Waals surface area contributed by atoms with Gasteiger partial charge in [-0.25, -0.2) is 8.42 Å². The van der Waals surface area contributed by atoms with Crippen LogP contribution in [0.2, 0.25) is 0 Å². The normalized spacial score (nSPS) is 11.3. The molecule has 0 heterocycles. The van der Waals surface area contributed by atoms with Crippen molar-refractivity contribution in [1.29, 1.82) is 0 Å². The summed E-state index contributed by atoms with van der Waals surface area (Å²) in [7, 11) is -5.90. The minimum atomic E-state index is -4.13. The molecular formula is C32H29O3PS. The highest BCUT2D eigenvalue weighted by atomic mass is 32.2. The molecule has 0 fully saturated rings. The van der Waals surface area contributed by atoms with Crippen LogP contribution in [-0.2, 0) is 22.0 Å². The SMILES string of the molecule is O=S(=O)([O-])Cc1ccccc1.c1ccc(C[P+](c2ccccc2)(c2ccccc2)c2ccccc2)cc1. The Morgan fingerprint density at radius 3 is 1.08 bits per heavy atom. The van der Waals surface area contributed by atoms with Gasteiger partial charge in [-0.15, -0.1) is 0 Å². The van der Waals surface area contributed by atoms with Gasteiger partial charge in [0.25, 0.3) is 0 Å². The lowest BCUT2D eigenvalue weighted by Crippen LogP contribution is -2.32. The van der Waals surface area contributed by atoms with Gasteiger partial charge in [-0.05, 0) is 47.5 Å². The van der Waals surface area contributed by atoms with Crippen molar-refractivity contribution in [3.63, 3.8) is 0 Å². The maximum absolute atomic E-state index is 10.2. The Morgan fingerprint density at radius 1 is 0.459 bits per heavy atom. The van der Waals surface area contributed by atoms with Crippen LogP contribution in [0.1, 0.15) is 11.1 Å². The van der Waals surface area contributed by atoms with Crippen LogP contribution in [0.3, 0.4) is 0 Å². The van der Waals surface area contributed by atoms with Crippen molar-refractivity contribution in [2.45, 2.75) is 11.9 Å². The second-order valence-corrected chi connectivity index (χ2v) is 13.5. The van der Waals surface area contributed by atoms with Crippen LogP contribution in [0.5, 0.6) is 0 Å². The van der Waals surface area contributed by atoms with Crippen molar-refractivity contribution in [3.8, 4) is 0 Å². The van der Waals surface area contributed by atoms with Crippen LogP contribution in [0, 0.1) is 0 Å². The molecule has 3 nitrogen and oxygen atoms in total. The number of rotatable bonds is 7.